The lowest BCUT2D eigenvalue weighted by Gasteiger charge is -2.33. The van der Waals surface area contributed by atoms with Crippen LogP contribution in [0.1, 0.15) is 28.8 Å². The van der Waals surface area contributed by atoms with Gasteiger partial charge in [-0.05, 0) is 31.4 Å². The lowest BCUT2D eigenvalue weighted by molar-refractivity contribution is 0.0527. The van der Waals surface area contributed by atoms with E-state index in [1.807, 2.05) is 36.1 Å². The molecule has 1 aliphatic heterocycles. The van der Waals surface area contributed by atoms with E-state index >= 15 is 0 Å². The average molecular weight is 297 g/mol. The molecule has 1 aliphatic rings. The number of amides is 1. The summed E-state index contributed by atoms with van der Waals surface area (Å²) in [6, 6.07) is 9.43. The molecule has 1 fully saturated rings. The van der Waals surface area contributed by atoms with Gasteiger partial charge < -0.3 is 9.64 Å². The van der Waals surface area contributed by atoms with Gasteiger partial charge in [0.2, 0.25) is 5.88 Å². The lowest BCUT2D eigenvalue weighted by Crippen LogP contribution is -2.44. The highest BCUT2D eigenvalue weighted by Gasteiger charge is 2.26. The fourth-order valence-electron chi connectivity index (χ4n) is 2.72. The standard InChI is InChI=1S/C17H19N3O2/c1-13-5-2-3-7-15(13)17(21)20-10-4-6-14(11-20)22-16-8-9-18-12-19-16/h2-3,5,7-9,12,14H,4,6,10-11H2,1H3. The summed E-state index contributed by atoms with van der Waals surface area (Å²) in [5.74, 6) is 0.638. The number of nitrogens with zero attached hydrogens (tertiary/aromatic N) is 3. The maximum Gasteiger partial charge on any atom is 0.254 e. The highest BCUT2D eigenvalue weighted by atomic mass is 16.5. The average Bonchev–Trinajstić information content (AvgIpc) is 2.56. The molecule has 3 rings (SSSR count). The van der Waals surface area contributed by atoms with Crippen LogP contribution in [0.15, 0.2) is 42.9 Å². The first-order valence-electron chi connectivity index (χ1n) is 7.51. The van der Waals surface area contributed by atoms with Crippen LogP contribution in [0.25, 0.3) is 0 Å². The predicted octanol–water partition coefficient (Wildman–Crippen LogP) is 2.47. The molecule has 0 bridgehead atoms. The van der Waals surface area contributed by atoms with Gasteiger partial charge in [0.05, 0.1) is 6.54 Å². The van der Waals surface area contributed by atoms with Crippen LogP contribution in [0.3, 0.4) is 0 Å². The Labute approximate surface area is 130 Å². The number of aromatic nitrogens is 2. The molecule has 0 aliphatic carbocycles. The summed E-state index contributed by atoms with van der Waals surface area (Å²) >= 11 is 0. The molecule has 114 valence electrons. The minimum atomic E-state index is -0.0170. The fraction of sp³-hybridized carbons (Fsp3) is 0.353. The summed E-state index contributed by atoms with van der Waals surface area (Å²) in [6.45, 7) is 3.33. The number of hydrogen-bond donors (Lipinski definition) is 0. The van der Waals surface area contributed by atoms with Crippen LogP contribution in [-0.2, 0) is 0 Å². The Bertz CT molecular complexity index is 645. The van der Waals surface area contributed by atoms with E-state index in [0.29, 0.717) is 12.4 Å². The van der Waals surface area contributed by atoms with Gasteiger partial charge in [-0.2, -0.15) is 0 Å². The molecule has 1 aromatic carbocycles. The van der Waals surface area contributed by atoms with E-state index in [2.05, 4.69) is 9.97 Å². The topological polar surface area (TPSA) is 55.3 Å². The maximum absolute atomic E-state index is 12.7. The molecule has 1 saturated heterocycles. The molecule has 5 nitrogen and oxygen atoms in total. The Morgan fingerprint density at radius 1 is 1.32 bits per heavy atom. The van der Waals surface area contributed by atoms with E-state index in [4.69, 9.17) is 4.74 Å². The van der Waals surface area contributed by atoms with Crippen molar-refractivity contribution in [2.45, 2.75) is 25.9 Å². The molecular weight excluding hydrogens is 278 g/mol. The van der Waals surface area contributed by atoms with Crippen LogP contribution in [0.2, 0.25) is 0 Å². The van der Waals surface area contributed by atoms with Crippen LogP contribution >= 0.6 is 0 Å². The number of rotatable bonds is 3. The van der Waals surface area contributed by atoms with Crippen molar-refractivity contribution >= 4 is 5.91 Å². The number of carbonyl (C=O) groups excluding carboxylic acids is 1. The minimum absolute atomic E-state index is 0.0170. The van der Waals surface area contributed by atoms with Crippen molar-refractivity contribution < 1.29 is 9.53 Å². The normalized spacial score (nSPS) is 18.0. The highest BCUT2D eigenvalue weighted by molar-refractivity contribution is 5.95. The van der Waals surface area contributed by atoms with Gasteiger partial charge >= 0.3 is 0 Å². The van der Waals surface area contributed by atoms with Crippen molar-refractivity contribution in [3.8, 4) is 5.88 Å². The Hall–Kier alpha value is -2.43. The van der Waals surface area contributed by atoms with Gasteiger partial charge in [0, 0.05) is 24.4 Å². The summed E-state index contributed by atoms with van der Waals surface area (Å²) in [5.41, 5.74) is 1.77. The number of aryl methyl sites for hydroxylation is 1. The van der Waals surface area contributed by atoms with Crippen molar-refractivity contribution in [2.24, 2.45) is 0 Å². The van der Waals surface area contributed by atoms with Gasteiger partial charge in [-0.25, -0.2) is 9.97 Å². The first-order valence-corrected chi connectivity index (χ1v) is 7.51. The van der Waals surface area contributed by atoms with E-state index in [-0.39, 0.29) is 12.0 Å². The third kappa shape index (κ3) is 3.24. The molecule has 0 N–H and O–H groups in total. The maximum atomic E-state index is 12.7. The van der Waals surface area contributed by atoms with Gasteiger partial charge in [-0.15, -0.1) is 0 Å². The van der Waals surface area contributed by atoms with E-state index in [1.54, 1.807) is 12.3 Å². The summed E-state index contributed by atoms with van der Waals surface area (Å²) < 4.78 is 5.86. The number of piperidine rings is 1. The summed E-state index contributed by atoms with van der Waals surface area (Å²) in [4.78, 5) is 22.5. The molecule has 0 radical (unpaired) electrons. The first-order chi connectivity index (χ1) is 10.7. The van der Waals surface area contributed by atoms with Crippen molar-refractivity contribution in [1.29, 1.82) is 0 Å². The zero-order chi connectivity index (χ0) is 15.4. The van der Waals surface area contributed by atoms with Gasteiger partial charge in [-0.3, -0.25) is 4.79 Å². The fourth-order valence-corrected chi connectivity index (χ4v) is 2.72. The zero-order valence-corrected chi connectivity index (χ0v) is 12.6. The second-order valence-electron chi connectivity index (χ2n) is 5.50. The Morgan fingerprint density at radius 2 is 2.18 bits per heavy atom. The highest BCUT2D eigenvalue weighted by Crippen LogP contribution is 2.19. The van der Waals surface area contributed by atoms with Gasteiger partial charge in [0.15, 0.2) is 0 Å². The van der Waals surface area contributed by atoms with Crippen LogP contribution in [0.5, 0.6) is 5.88 Å². The third-order valence-electron chi connectivity index (χ3n) is 3.88. The second-order valence-corrected chi connectivity index (χ2v) is 5.50. The Kier molecular flexibility index (Phi) is 4.32. The molecular formula is C17H19N3O2. The van der Waals surface area contributed by atoms with Crippen LogP contribution < -0.4 is 4.74 Å². The molecule has 22 heavy (non-hydrogen) atoms. The van der Waals surface area contributed by atoms with Crippen LogP contribution in [0, 0.1) is 6.92 Å². The quantitative estimate of drug-likeness (QED) is 0.873. The number of benzene rings is 1. The lowest BCUT2D eigenvalue weighted by atomic mass is 10.0. The minimum Gasteiger partial charge on any atom is -0.472 e. The molecule has 2 heterocycles. The molecule has 1 unspecified atom stereocenters. The number of likely N-dealkylation sites (tertiary alicyclic amines) is 1. The predicted molar refractivity (Wildman–Crippen MR) is 82.8 cm³/mol. The van der Waals surface area contributed by atoms with Crippen molar-refractivity contribution in [3.63, 3.8) is 0 Å². The van der Waals surface area contributed by atoms with E-state index in [1.165, 1.54) is 6.33 Å². The number of hydrogen-bond acceptors (Lipinski definition) is 4. The first kappa shape index (κ1) is 14.5. The van der Waals surface area contributed by atoms with E-state index in [9.17, 15) is 4.79 Å². The van der Waals surface area contributed by atoms with Gasteiger partial charge in [-0.1, -0.05) is 18.2 Å². The molecule has 0 saturated carbocycles. The smallest absolute Gasteiger partial charge is 0.254 e. The molecule has 2 aromatic rings. The molecule has 1 atom stereocenters. The van der Waals surface area contributed by atoms with Crippen molar-refractivity contribution in [1.82, 2.24) is 14.9 Å². The van der Waals surface area contributed by atoms with Crippen LogP contribution in [-0.4, -0.2) is 40.0 Å². The van der Waals surface area contributed by atoms with E-state index < -0.39 is 0 Å². The third-order valence-corrected chi connectivity index (χ3v) is 3.88. The Morgan fingerprint density at radius 3 is 2.95 bits per heavy atom. The van der Waals surface area contributed by atoms with Crippen LogP contribution in [0.4, 0.5) is 0 Å². The largest absolute Gasteiger partial charge is 0.472 e. The summed E-state index contributed by atoms with van der Waals surface area (Å²) in [5, 5.41) is 0. The van der Waals surface area contributed by atoms with Crippen molar-refractivity contribution in [3.05, 3.63) is 54.0 Å². The Balaban J connectivity index is 1.68. The summed E-state index contributed by atoms with van der Waals surface area (Å²) in [7, 11) is 0. The molecule has 0 spiro atoms. The molecule has 5 heteroatoms. The summed E-state index contributed by atoms with van der Waals surface area (Å²) in [6.07, 6.45) is 4.97. The van der Waals surface area contributed by atoms with Gasteiger partial charge in [0.1, 0.15) is 12.4 Å². The SMILES string of the molecule is Cc1ccccc1C(=O)N1CCCC(Oc2ccncn2)C1. The zero-order valence-electron chi connectivity index (χ0n) is 12.6. The molecule has 1 amide bonds. The number of ether oxygens (including phenoxy) is 1. The van der Waals surface area contributed by atoms with Gasteiger partial charge in [0.25, 0.3) is 5.91 Å². The second kappa shape index (κ2) is 6.56. The molecule has 1 aromatic heterocycles. The monoisotopic (exact) mass is 297 g/mol. The number of carbonyl (C=O) groups is 1. The van der Waals surface area contributed by atoms with E-state index in [0.717, 1.165) is 30.5 Å². The van der Waals surface area contributed by atoms with Crippen molar-refractivity contribution in [2.75, 3.05) is 13.1 Å².